The largest absolute Gasteiger partial charge is 0.348 e. The molecule has 1 aromatic heterocycles. The number of carbonyl (C=O) groups is 1. The van der Waals surface area contributed by atoms with Crippen LogP contribution >= 0.6 is 0 Å². The van der Waals surface area contributed by atoms with Crippen molar-refractivity contribution in [1.82, 2.24) is 10.3 Å². The lowest BCUT2D eigenvalue weighted by molar-refractivity contribution is 0.0930. The maximum absolute atomic E-state index is 12.1. The normalized spacial score (nSPS) is 15.4. The summed E-state index contributed by atoms with van der Waals surface area (Å²) in [5.41, 5.74) is 6.35. The number of nitrogens with two attached hydrogens (primary N) is 1. The zero-order valence-corrected chi connectivity index (χ0v) is 10.4. The Morgan fingerprint density at radius 2 is 2.44 bits per heavy atom. The van der Waals surface area contributed by atoms with Crippen LogP contribution in [0.3, 0.4) is 0 Å². The van der Waals surface area contributed by atoms with Gasteiger partial charge in [0.2, 0.25) is 0 Å². The molecule has 1 aromatic rings. The van der Waals surface area contributed by atoms with Crippen LogP contribution in [0.4, 0.5) is 0 Å². The minimum absolute atomic E-state index is 0.156. The minimum atomic E-state index is -0.156. The molecule has 1 saturated carbocycles. The zero-order chi connectivity index (χ0) is 13.0. The molecule has 0 saturated heterocycles. The van der Waals surface area contributed by atoms with Crippen molar-refractivity contribution >= 4 is 5.91 Å². The third-order valence-corrected chi connectivity index (χ3v) is 3.04. The molecule has 1 atom stereocenters. The minimum Gasteiger partial charge on any atom is -0.348 e. The highest BCUT2D eigenvalue weighted by atomic mass is 16.1. The first kappa shape index (κ1) is 12.6. The lowest BCUT2D eigenvalue weighted by Crippen LogP contribution is -2.35. The molecule has 0 aromatic carbocycles. The Morgan fingerprint density at radius 3 is 3.11 bits per heavy atom. The average molecular weight is 243 g/mol. The van der Waals surface area contributed by atoms with Gasteiger partial charge >= 0.3 is 0 Å². The van der Waals surface area contributed by atoms with Gasteiger partial charge in [0.1, 0.15) is 5.69 Å². The molecule has 94 valence electrons. The van der Waals surface area contributed by atoms with Gasteiger partial charge in [0.05, 0.1) is 12.1 Å². The first-order chi connectivity index (χ1) is 8.72. The van der Waals surface area contributed by atoms with Crippen LogP contribution in [0, 0.1) is 17.8 Å². The van der Waals surface area contributed by atoms with Crippen LogP contribution in [-0.2, 0) is 0 Å². The molecule has 0 radical (unpaired) electrons. The van der Waals surface area contributed by atoms with Crippen molar-refractivity contribution in [2.24, 2.45) is 11.7 Å². The van der Waals surface area contributed by atoms with E-state index < -0.39 is 0 Å². The van der Waals surface area contributed by atoms with Crippen LogP contribution in [0.2, 0.25) is 0 Å². The highest BCUT2D eigenvalue weighted by molar-refractivity contribution is 5.94. The summed E-state index contributed by atoms with van der Waals surface area (Å²) in [7, 11) is 0. The highest BCUT2D eigenvalue weighted by Gasteiger charge is 2.29. The van der Waals surface area contributed by atoms with Crippen molar-refractivity contribution in [2.75, 3.05) is 6.54 Å². The Hall–Kier alpha value is -1.86. The number of nitrogens with one attached hydrogen (secondary N) is 1. The summed E-state index contributed by atoms with van der Waals surface area (Å²) >= 11 is 0. The third kappa shape index (κ3) is 3.08. The maximum Gasteiger partial charge on any atom is 0.271 e. The second kappa shape index (κ2) is 5.65. The number of hydrogen-bond donors (Lipinski definition) is 2. The van der Waals surface area contributed by atoms with Crippen molar-refractivity contribution < 1.29 is 4.79 Å². The van der Waals surface area contributed by atoms with E-state index in [2.05, 4.69) is 22.1 Å². The molecule has 4 nitrogen and oxygen atoms in total. The van der Waals surface area contributed by atoms with Gasteiger partial charge in [-0.3, -0.25) is 4.79 Å². The van der Waals surface area contributed by atoms with E-state index in [1.807, 2.05) is 6.92 Å². The zero-order valence-electron chi connectivity index (χ0n) is 10.4. The fourth-order valence-corrected chi connectivity index (χ4v) is 1.82. The first-order valence-electron chi connectivity index (χ1n) is 6.17. The number of hydrogen-bond acceptors (Lipinski definition) is 3. The summed E-state index contributed by atoms with van der Waals surface area (Å²) in [6, 6.07) is 3.75. The average Bonchev–Trinajstić information content (AvgIpc) is 3.20. The van der Waals surface area contributed by atoms with Gasteiger partial charge in [-0.2, -0.15) is 0 Å². The summed E-state index contributed by atoms with van der Waals surface area (Å²) in [5.74, 6) is 6.08. The number of rotatable bonds is 3. The van der Waals surface area contributed by atoms with Crippen LogP contribution in [0.25, 0.3) is 0 Å². The first-order valence-corrected chi connectivity index (χ1v) is 6.17. The standard InChI is InChI=1S/C14H17N3O/c1-10(11-6-7-11)17-14(18)13-12(4-2-8-15)5-3-9-16-13/h3,5,9-11H,6-8,15H2,1H3,(H,17,18). The highest BCUT2D eigenvalue weighted by Crippen LogP contribution is 2.32. The van der Waals surface area contributed by atoms with Crippen LogP contribution in [0.1, 0.15) is 35.8 Å². The summed E-state index contributed by atoms with van der Waals surface area (Å²) in [4.78, 5) is 16.2. The number of nitrogens with zero attached hydrogens (tertiary/aromatic N) is 1. The van der Waals surface area contributed by atoms with Crippen molar-refractivity contribution in [3.05, 3.63) is 29.6 Å². The maximum atomic E-state index is 12.1. The molecule has 1 aliphatic carbocycles. The van der Waals surface area contributed by atoms with Crippen LogP contribution in [0.15, 0.2) is 18.3 Å². The van der Waals surface area contributed by atoms with Crippen LogP contribution < -0.4 is 11.1 Å². The number of carbonyl (C=O) groups excluding carboxylic acids is 1. The van der Waals surface area contributed by atoms with Gasteiger partial charge in [-0.1, -0.05) is 11.8 Å². The SMILES string of the molecule is CC(NC(=O)c1ncccc1C#CCN)C1CC1. The van der Waals surface area contributed by atoms with Crippen molar-refractivity contribution in [1.29, 1.82) is 0 Å². The lowest BCUT2D eigenvalue weighted by atomic mass is 10.1. The molecule has 1 aliphatic rings. The second-order valence-electron chi connectivity index (χ2n) is 4.51. The summed E-state index contributed by atoms with van der Waals surface area (Å²) in [6.07, 6.45) is 4.00. The van der Waals surface area contributed by atoms with E-state index in [-0.39, 0.29) is 18.5 Å². The van der Waals surface area contributed by atoms with Gasteiger partial charge in [-0.25, -0.2) is 4.98 Å². The van der Waals surface area contributed by atoms with E-state index in [0.717, 1.165) is 0 Å². The molecule has 1 unspecified atom stereocenters. The van der Waals surface area contributed by atoms with Crippen molar-refractivity contribution in [3.8, 4) is 11.8 Å². The monoisotopic (exact) mass is 243 g/mol. The second-order valence-corrected chi connectivity index (χ2v) is 4.51. The Morgan fingerprint density at radius 1 is 1.67 bits per heavy atom. The predicted octanol–water partition coefficient (Wildman–Crippen LogP) is 0.920. The summed E-state index contributed by atoms with van der Waals surface area (Å²) in [5, 5.41) is 2.97. The van der Waals surface area contributed by atoms with E-state index in [9.17, 15) is 4.79 Å². The van der Waals surface area contributed by atoms with Gasteiger partial charge in [0.25, 0.3) is 5.91 Å². The van der Waals surface area contributed by atoms with Crippen molar-refractivity contribution in [3.63, 3.8) is 0 Å². The molecule has 18 heavy (non-hydrogen) atoms. The van der Waals surface area contributed by atoms with E-state index in [1.165, 1.54) is 12.8 Å². The molecule has 0 bridgehead atoms. The van der Waals surface area contributed by atoms with Gasteiger partial charge in [0, 0.05) is 12.2 Å². The van der Waals surface area contributed by atoms with E-state index in [0.29, 0.717) is 17.2 Å². The smallest absolute Gasteiger partial charge is 0.271 e. The molecule has 0 aliphatic heterocycles. The molecule has 4 heteroatoms. The van der Waals surface area contributed by atoms with E-state index in [1.54, 1.807) is 18.3 Å². The molecule has 1 heterocycles. The van der Waals surface area contributed by atoms with Gasteiger partial charge in [0.15, 0.2) is 0 Å². The molecule has 0 spiro atoms. The Labute approximate surface area is 107 Å². The fraction of sp³-hybridized carbons (Fsp3) is 0.429. The van der Waals surface area contributed by atoms with Crippen molar-refractivity contribution in [2.45, 2.75) is 25.8 Å². The molecular formula is C14H17N3O. The van der Waals surface area contributed by atoms with Crippen LogP contribution in [-0.4, -0.2) is 23.5 Å². The van der Waals surface area contributed by atoms with E-state index in [4.69, 9.17) is 5.73 Å². The van der Waals surface area contributed by atoms with Gasteiger partial charge in [-0.05, 0) is 37.8 Å². The quantitative estimate of drug-likeness (QED) is 0.776. The molecule has 3 N–H and O–H groups in total. The molecule has 1 amide bonds. The molecule has 1 fully saturated rings. The fourth-order valence-electron chi connectivity index (χ4n) is 1.82. The Bertz CT molecular complexity index is 497. The van der Waals surface area contributed by atoms with Gasteiger partial charge < -0.3 is 11.1 Å². The summed E-state index contributed by atoms with van der Waals surface area (Å²) in [6.45, 7) is 2.30. The molecular weight excluding hydrogens is 226 g/mol. The number of aromatic nitrogens is 1. The Balaban J connectivity index is 2.13. The summed E-state index contributed by atoms with van der Waals surface area (Å²) < 4.78 is 0. The van der Waals surface area contributed by atoms with Gasteiger partial charge in [-0.15, -0.1) is 0 Å². The Kier molecular flexibility index (Phi) is 3.96. The van der Waals surface area contributed by atoms with E-state index >= 15 is 0 Å². The number of amides is 1. The topological polar surface area (TPSA) is 68.0 Å². The predicted molar refractivity (Wildman–Crippen MR) is 69.8 cm³/mol. The lowest BCUT2D eigenvalue weighted by Gasteiger charge is -2.12. The third-order valence-electron chi connectivity index (χ3n) is 3.04. The van der Waals surface area contributed by atoms with Crippen LogP contribution in [0.5, 0.6) is 0 Å². The molecule has 2 rings (SSSR count). The number of pyridine rings is 1.